The van der Waals surface area contributed by atoms with Crippen LogP contribution in [0.2, 0.25) is 0 Å². The van der Waals surface area contributed by atoms with Crippen molar-refractivity contribution in [2.24, 2.45) is 0 Å². The van der Waals surface area contributed by atoms with Crippen molar-refractivity contribution < 1.29 is 9.34 Å². The fraction of sp³-hybridized carbons (Fsp3) is 0.263. The quantitative estimate of drug-likeness (QED) is 0.286. The zero-order valence-electron chi connectivity index (χ0n) is 14.8. The minimum atomic E-state index is -0.405. The number of nitrogens with zero attached hydrogens (tertiary/aromatic N) is 4. The third kappa shape index (κ3) is 3.86. The van der Waals surface area contributed by atoms with E-state index in [1.807, 2.05) is 24.6 Å². The van der Waals surface area contributed by atoms with Gasteiger partial charge in [-0.25, -0.2) is 9.97 Å². The summed E-state index contributed by atoms with van der Waals surface area (Å²) in [5.41, 5.74) is 3.20. The van der Waals surface area contributed by atoms with Gasteiger partial charge in [-0.2, -0.15) is 0 Å². The van der Waals surface area contributed by atoms with Crippen LogP contribution in [0.3, 0.4) is 0 Å². The highest BCUT2D eigenvalue weighted by atomic mass is 32.2. The maximum absolute atomic E-state index is 10.8. The van der Waals surface area contributed by atoms with E-state index in [9.17, 15) is 10.1 Å². The van der Waals surface area contributed by atoms with Crippen LogP contribution in [0.25, 0.3) is 11.3 Å². The molecule has 138 valence electrons. The number of fused-ring (bicyclic) bond motifs is 1. The predicted octanol–water partition coefficient (Wildman–Crippen LogP) is 3.93. The Morgan fingerprint density at radius 2 is 2.07 bits per heavy atom. The van der Waals surface area contributed by atoms with E-state index in [-0.39, 0.29) is 5.69 Å². The summed E-state index contributed by atoms with van der Waals surface area (Å²) in [6.45, 7) is 2.43. The van der Waals surface area contributed by atoms with Crippen molar-refractivity contribution in [1.29, 1.82) is 0 Å². The highest BCUT2D eigenvalue weighted by Gasteiger charge is 2.19. The van der Waals surface area contributed by atoms with Crippen LogP contribution in [0.5, 0.6) is 0 Å². The number of thioether (sulfide) groups is 1. The van der Waals surface area contributed by atoms with Crippen LogP contribution >= 0.6 is 11.8 Å². The first-order valence-electron chi connectivity index (χ1n) is 8.57. The zero-order chi connectivity index (χ0) is 18.8. The second-order valence-electron chi connectivity index (χ2n) is 6.36. The van der Waals surface area contributed by atoms with E-state index in [4.69, 9.17) is 4.42 Å². The molecular weight excluding hydrogens is 364 g/mol. The normalized spacial score (nSPS) is 14.1. The van der Waals surface area contributed by atoms with E-state index in [0.29, 0.717) is 12.3 Å². The Balaban J connectivity index is 1.44. The van der Waals surface area contributed by atoms with Gasteiger partial charge in [-0.3, -0.25) is 15.0 Å². The molecular formula is C19H18N4O3S. The average Bonchev–Trinajstić information content (AvgIpc) is 3.16. The van der Waals surface area contributed by atoms with Gasteiger partial charge in [-0.1, -0.05) is 11.8 Å². The van der Waals surface area contributed by atoms with Crippen molar-refractivity contribution in [3.63, 3.8) is 0 Å². The molecule has 8 heteroatoms. The Morgan fingerprint density at radius 1 is 1.26 bits per heavy atom. The molecule has 0 radical (unpaired) electrons. The molecule has 1 aromatic carbocycles. The number of nitro benzene ring substituents is 1. The van der Waals surface area contributed by atoms with Crippen LogP contribution in [-0.4, -0.2) is 32.6 Å². The number of nitro groups is 1. The van der Waals surface area contributed by atoms with E-state index in [1.54, 1.807) is 23.9 Å². The van der Waals surface area contributed by atoms with E-state index in [2.05, 4.69) is 14.9 Å². The number of furan rings is 1. The van der Waals surface area contributed by atoms with Gasteiger partial charge in [0.05, 0.1) is 17.2 Å². The average molecular weight is 382 g/mol. The summed E-state index contributed by atoms with van der Waals surface area (Å²) in [5, 5.41) is 11.6. The van der Waals surface area contributed by atoms with E-state index in [0.717, 1.165) is 41.7 Å². The smallest absolute Gasteiger partial charge is 0.269 e. The standard InChI is InChI=1S/C19H18N4O3S/c1-27-19-20-10-14-11-22(9-8-17(14)21-19)12-16-6-7-18(26-16)13-2-4-15(5-3-13)23(24)25/h2-7,10H,8-9,11-12H2,1H3. The van der Waals surface area contributed by atoms with Crippen LogP contribution in [0.1, 0.15) is 17.0 Å². The molecule has 27 heavy (non-hydrogen) atoms. The van der Waals surface area contributed by atoms with Crippen molar-refractivity contribution in [2.45, 2.75) is 24.7 Å². The molecule has 0 spiro atoms. The molecule has 0 saturated heterocycles. The van der Waals surface area contributed by atoms with Gasteiger partial charge in [0.2, 0.25) is 0 Å². The zero-order valence-corrected chi connectivity index (χ0v) is 15.6. The fourth-order valence-corrected chi connectivity index (χ4v) is 3.54. The summed E-state index contributed by atoms with van der Waals surface area (Å²) in [7, 11) is 0. The Morgan fingerprint density at radius 3 is 2.81 bits per heavy atom. The van der Waals surface area contributed by atoms with Crippen LogP contribution in [0.15, 0.2) is 52.2 Å². The first-order chi connectivity index (χ1) is 13.1. The first-order valence-corrected chi connectivity index (χ1v) is 9.79. The molecule has 0 bridgehead atoms. The summed E-state index contributed by atoms with van der Waals surface area (Å²) >= 11 is 1.56. The monoisotopic (exact) mass is 382 g/mol. The molecule has 0 N–H and O–H groups in total. The van der Waals surface area contributed by atoms with Gasteiger partial charge in [0, 0.05) is 49.0 Å². The largest absolute Gasteiger partial charge is 0.460 e. The topological polar surface area (TPSA) is 85.3 Å². The van der Waals surface area contributed by atoms with Crippen molar-refractivity contribution in [1.82, 2.24) is 14.9 Å². The van der Waals surface area contributed by atoms with Crippen molar-refractivity contribution in [3.8, 4) is 11.3 Å². The van der Waals surface area contributed by atoms with Crippen LogP contribution in [0, 0.1) is 10.1 Å². The predicted molar refractivity (Wildman–Crippen MR) is 102 cm³/mol. The maximum atomic E-state index is 10.8. The number of rotatable bonds is 5. The van der Waals surface area contributed by atoms with Gasteiger partial charge in [-0.15, -0.1) is 0 Å². The molecule has 0 unspecified atom stereocenters. The molecule has 3 heterocycles. The molecule has 0 aliphatic carbocycles. The third-order valence-electron chi connectivity index (χ3n) is 4.58. The summed E-state index contributed by atoms with van der Waals surface area (Å²) < 4.78 is 5.95. The minimum absolute atomic E-state index is 0.0735. The Bertz CT molecular complexity index is 971. The molecule has 0 fully saturated rings. The van der Waals surface area contributed by atoms with Gasteiger partial charge in [-0.05, 0) is 30.5 Å². The number of non-ortho nitro benzene ring substituents is 1. The molecule has 4 rings (SSSR count). The van der Waals surface area contributed by atoms with Gasteiger partial charge in [0.15, 0.2) is 5.16 Å². The highest BCUT2D eigenvalue weighted by Crippen LogP contribution is 2.26. The highest BCUT2D eigenvalue weighted by molar-refractivity contribution is 7.98. The second-order valence-corrected chi connectivity index (χ2v) is 7.13. The van der Waals surface area contributed by atoms with Gasteiger partial charge >= 0.3 is 0 Å². The SMILES string of the molecule is CSc1ncc2c(n1)CCN(Cc1ccc(-c3ccc([N+](=O)[O-])cc3)o1)C2. The van der Waals surface area contributed by atoms with Crippen LogP contribution in [0.4, 0.5) is 5.69 Å². The van der Waals surface area contributed by atoms with E-state index >= 15 is 0 Å². The molecule has 1 aliphatic heterocycles. The van der Waals surface area contributed by atoms with Gasteiger partial charge in [0.25, 0.3) is 5.69 Å². The Hall–Kier alpha value is -2.71. The lowest BCUT2D eigenvalue weighted by molar-refractivity contribution is -0.384. The second kappa shape index (κ2) is 7.50. The third-order valence-corrected chi connectivity index (χ3v) is 5.14. The Labute approximate surface area is 160 Å². The van der Waals surface area contributed by atoms with Gasteiger partial charge in [0.1, 0.15) is 11.5 Å². The summed E-state index contributed by atoms with van der Waals surface area (Å²) in [6.07, 6.45) is 4.81. The molecule has 7 nitrogen and oxygen atoms in total. The number of aromatic nitrogens is 2. The molecule has 1 aliphatic rings. The first kappa shape index (κ1) is 17.7. The van der Waals surface area contributed by atoms with E-state index < -0.39 is 4.92 Å². The molecule has 0 saturated carbocycles. The number of benzene rings is 1. The fourth-order valence-electron chi connectivity index (χ4n) is 3.18. The van der Waals surface area contributed by atoms with Crippen molar-refractivity contribution >= 4 is 17.4 Å². The number of hydrogen-bond donors (Lipinski definition) is 0. The molecule has 3 aromatic rings. The summed E-state index contributed by atoms with van der Waals surface area (Å²) in [6, 6.07) is 10.3. The van der Waals surface area contributed by atoms with Crippen molar-refractivity contribution in [2.75, 3.05) is 12.8 Å². The lowest BCUT2D eigenvalue weighted by atomic mass is 10.1. The number of hydrogen-bond acceptors (Lipinski definition) is 7. The minimum Gasteiger partial charge on any atom is -0.460 e. The lowest BCUT2D eigenvalue weighted by Crippen LogP contribution is -2.30. The van der Waals surface area contributed by atoms with Crippen LogP contribution in [-0.2, 0) is 19.5 Å². The Kier molecular flexibility index (Phi) is 4.91. The van der Waals surface area contributed by atoms with Gasteiger partial charge < -0.3 is 4.42 Å². The summed E-state index contributed by atoms with van der Waals surface area (Å²) in [5.74, 6) is 1.58. The maximum Gasteiger partial charge on any atom is 0.269 e. The molecule has 2 aromatic heterocycles. The van der Waals surface area contributed by atoms with Crippen molar-refractivity contribution in [3.05, 3.63) is 69.7 Å². The van der Waals surface area contributed by atoms with Crippen LogP contribution < -0.4 is 0 Å². The summed E-state index contributed by atoms with van der Waals surface area (Å²) in [4.78, 5) is 21.6. The van der Waals surface area contributed by atoms with E-state index in [1.165, 1.54) is 17.7 Å². The molecule has 0 amide bonds. The lowest BCUT2D eigenvalue weighted by Gasteiger charge is -2.27. The molecule has 0 atom stereocenters.